The predicted octanol–water partition coefficient (Wildman–Crippen LogP) is 2.75. The normalized spacial score (nSPS) is 11.0. The van der Waals surface area contributed by atoms with Gasteiger partial charge in [0, 0.05) is 13.1 Å². The first-order valence-electron chi connectivity index (χ1n) is 8.52. The van der Waals surface area contributed by atoms with Gasteiger partial charge in [0.25, 0.3) is 0 Å². The van der Waals surface area contributed by atoms with Gasteiger partial charge in [-0.1, -0.05) is 37.3 Å². The summed E-state index contributed by atoms with van der Waals surface area (Å²) in [5.74, 6) is 0.652. The van der Waals surface area contributed by atoms with Crippen LogP contribution in [0.3, 0.4) is 0 Å². The average molecular weight is 376 g/mol. The number of amides is 2. The van der Waals surface area contributed by atoms with E-state index in [1.54, 1.807) is 30.3 Å². The van der Waals surface area contributed by atoms with Crippen molar-refractivity contribution in [2.24, 2.45) is 0 Å². The topological polar surface area (TPSA) is 84.5 Å². The number of rotatable bonds is 9. The molecule has 0 fully saturated rings. The van der Waals surface area contributed by atoms with E-state index in [0.717, 1.165) is 17.7 Å². The molecule has 2 N–H and O–H groups in total. The van der Waals surface area contributed by atoms with Gasteiger partial charge in [-0.25, -0.2) is 13.2 Å². The molecule has 7 heteroatoms. The molecule has 0 aliphatic rings. The minimum Gasteiger partial charge on any atom is -0.494 e. The van der Waals surface area contributed by atoms with Gasteiger partial charge in [0.2, 0.25) is 0 Å². The highest BCUT2D eigenvalue weighted by molar-refractivity contribution is 7.91. The molecule has 140 valence electrons. The monoisotopic (exact) mass is 376 g/mol. The van der Waals surface area contributed by atoms with E-state index in [0.29, 0.717) is 13.2 Å². The Kier molecular flexibility index (Phi) is 7.47. The summed E-state index contributed by atoms with van der Waals surface area (Å²) in [7, 11) is -3.39. The van der Waals surface area contributed by atoms with E-state index in [1.807, 2.05) is 31.2 Å². The van der Waals surface area contributed by atoms with Crippen molar-refractivity contribution < 1.29 is 17.9 Å². The van der Waals surface area contributed by atoms with Crippen molar-refractivity contribution in [3.05, 3.63) is 60.2 Å². The lowest BCUT2D eigenvalue weighted by Crippen LogP contribution is -2.37. The van der Waals surface area contributed by atoms with Crippen LogP contribution < -0.4 is 15.4 Å². The van der Waals surface area contributed by atoms with Crippen LogP contribution in [0.15, 0.2) is 59.5 Å². The lowest BCUT2D eigenvalue weighted by atomic mass is 10.2. The average Bonchev–Trinajstić information content (AvgIpc) is 2.66. The van der Waals surface area contributed by atoms with Crippen LogP contribution in [0.5, 0.6) is 5.75 Å². The smallest absolute Gasteiger partial charge is 0.315 e. The summed E-state index contributed by atoms with van der Waals surface area (Å²) in [5, 5.41) is 5.27. The van der Waals surface area contributed by atoms with Crippen molar-refractivity contribution in [3.63, 3.8) is 0 Å². The Labute approximate surface area is 154 Å². The zero-order valence-corrected chi connectivity index (χ0v) is 15.6. The number of ether oxygens (including phenoxy) is 1. The molecule has 0 saturated carbocycles. The van der Waals surface area contributed by atoms with E-state index in [4.69, 9.17) is 4.74 Å². The summed E-state index contributed by atoms with van der Waals surface area (Å²) in [6.45, 7) is 3.12. The van der Waals surface area contributed by atoms with Crippen LogP contribution in [0.4, 0.5) is 4.79 Å². The molecule has 2 amide bonds. The molecule has 0 spiro atoms. The van der Waals surface area contributed by atoms with Gasteiger partial charge in [0.15, 0.2) is 9.84 Å². The Morgan fingerprint density at radius 1 is 1.00 bits per heavy atom. The number of hydrogen-bond donors (Lipinski definition) is 2. The van der Waals surface area contributed by atoms with Gasteiger partial charge in [0.05, 0.1) is 17.3 Å². The van der Waals surface area contributed by atoms with Crippen LogP contribution in [0, 0.1) is 0 Å². The number of sulfone groups is 1. The highest BCUT2D eigenvalue weighted by atomic mass is 32.2. The second-order valence-corrected chi connectivity index (χ2v) is 7.84. The highest BCUT2D eigenvalue weighted by Gasteiger charge is 2.13. The SMILES string of the molecule is CCCOc1ccc(CNC(=O)NCCS(=O)(=O)c2ccccc2)cc1. The van der Waals surface area contributed by atoms with Gasteiger partial charge < -0.3 is 15.4 Å². The third-order valence-corrected chi connectivity index (χ3v) is 5.34. The molecule has 0 aromatic heterocycles. The second kappa shape index (κ2) is 9.82. The quantitative estimate of drug-likeness (QED) is 0.705. The van der Waals surface area contributed by atoms with Crippen LogP contribution in [-0.4, -0.2) is 33.4 Å². The summed E-state index contributed by atoms with van der Waals surface area (Å²) >= 11 is 0. The van der Waals surface area contributed by atoms with Crippen LogP contribution in [0.2, 0.25) is 0 Å². The fraction of sp³-hybridized carbons (Fsp3) is 0.316. The zero-order valence-electron chi connectivity index (χ0n) is 14.8. The molecule has 0 atom stereocenters. The maximum atomic E-state index is 12.1. The van der Waals surface area contributed by atoms with Crippen molar-refractivity contribution in [1.29, 1.82) is 0 Å². The molecule has 2 aromatic rings. The van der Waals surface area contributed by atoms with Crippen molar-refractivity contribution in [2.75, 3.05) is 18.9 Å². The summed E-state index contributed by atoms with van der Waals surface area (Å²) in [6, 6.07) is 15.3. The van der Waals surface area contributed by atoms with Crippen LogP contribution in [0.1, 0.15) is 18.9 Å². The van der Waals surface area contributed by atoms with E-state index in [1.165, 1.54) is 0 Å². The third-order valence-electron chi connectivity index (χ3n) is 3.61. The van der Waals surface area contributed by atoms with Gasteiger partial charge in [0.1, 0.15) is 5.75 Å². The molecular formula is C19H24N2O4S. The molecule has 0 heterocycles. The van der Waals surface area contributed by atoms with Crippen molar-refractivity contribution in [1.82, 2.24) is 10.6 Å². The molecule has 0 aliphatic carbocycles. The number of benzene rings is 2. The number of urea groups is 1. The Bertz CT molecular complexity index is 790. The molecule has 2 aromatic carbocycles. The van der Waals surface area contributed by atoms with Gasteiger partial charge in [-0.15, -0.1) is 0 Å². The lowest BCUT2D eigenvalue weighted by molar-refractivity contribution is 0.241. The number of nitrogens with one attached hydrogen (secondary N) is 2. The third kappa shape index (κ3) is 6.40. The van der Waals surface area contributed by atoms with Crippen molar-refractivity contribution in [2.45, 2.75) is 24.8 Å². The van der Waals surface area contributed by atoms with Gasteiger partial charge in [-0.2, -0.15) is 0 Å². The fourth-order valence-electron chi connectivity index (χ4n) is 2.21. The standard InChI is InChI=1S/C19H24N2O4S/c1-2-13-25-17-10-8-16(9-11-17)15-21-19(22)20-12-14-26(23,24)18-6-4-3-5-7-18/h3-11H,2,12-15H2,1H3,(H2,20,21,22). The molecule has 0 unspecified atom stereocenters. The largest absolute Gasteiger partial charge is 0.494 e. The molecule has 0 aliphatic heterocycles. The summed E-state index contributed by atoms with van der Waals surface area (Å²) < 4.78 is 29.7. The van der Waals surface area contributed by atoms with Gasteiger partial charge >= 0.3 is 6.03 Å². The number of carbonyl (C=O) groups is 1. The van der Waals surface area contributed by atoms with Gasteiger partial charge in [-0.3, -0.25) is 0 Å². The van der Waals surface area contributed by atoms with Crippen molar-refractivity contribution in [3.8, 4) is 5.75 Å². The van der Waals surface area contributed by atoms with E-state index in [-0.39, 0.29) is 17.2 Å². The molecule has 2 rings (SSSR count). The summed E-state index contributed by atoms with van der Waals surface area (Å²) in [5.41, 5.74) is 0.931. The van der Waals surface area contributed by atoms with E-state index < -0.39 is 15.9 Å². The zero-order chi connectivity index (χ0) is 18.8. The first kappa shape index (κ1) is 19.8. The minimum absolute atomic E-state index is 0.0485. The molecule has 0 bridgehead atoms. The van der Waals surface area contributed by atoms with E-state index in [9.17, 15) is 13.2 Å². The molecular weight excluding hydrogens is 352 g/mol. The Morgan fingerprint density at radius 2 is 1.69 bits per heavy atom. The van der Waals surface area contributed by atoms with Crippen LogP contribution in [0.25, 0.3) is 0 Å². The Balaban J connectivity index is 1.72. The first-order valence-corrected chi connectivity index (χ1v) is 10.2. The first-order chi connectivity index (χ1) is 12.5. The maximum Gasteiger partial charge on any atom is 0.315 e. The predicted molar refractivity (Wildman–Crippen MR) is 101 cm³/mol. The molecule has 6 nitrogen and oxygen atoms in total. The molecule has 0 saturated heterocycles. The second-order valence-electron chi connectivity index (χ2n) is 5.73. The Morgan fingerprint density at radius 3 is 2.35 bits per heavy atom. The maximum absolute atomic E-state index is 12.1. The van der Waals surface area contributed by atoms with Gasteiger partial charge in [-0.05, 0) is 36.2 Å². The van der Waals surface area contributed by atoms with E-state index >= 15 is 0 Å². The highest BCUT2D eigenvalue weighted by Crippen LogP contribution is 2.12. The van der Waals surface area contributed by atoms with Crippen LogP contribution in [-0.2, 0) is 16.4 Å². The fourth-order valence-corrected chi connectivity index (χ4v) is 3.39. The molecule has 26 heavy (non-hydrogen) atoms. The van der Waals surface area contributed by atoms with Crippen molar-refractivity contribution >= 4 is 15.9 Å². The summed E-state index contributed by atoms with van der Waals surface area (Å²) in [4.78, 5) is 12.1. The van der Waals surface area contributed by atoms with E-state index in [2.05, 4.69) is 10.6 Å². The minimum atomic E-state index is -3.39. The summed E-state index contributed by atoms with van der Waals surface area (Å²) in [6.07, 6.45) is 0.948. The number of carbonyl (C=O) groups excluding carboxylic acids is 1. The lowest BCUT2D eigenvalue weighted by Gasteiger charge is -2.09. The Hall–Kier alpha value is -2.54. The number of hydrogen-bond acceptors (Lipinski definition) is 4. The van der Waals surface area contributed by atoms with Crippen LogP contribution >= 0.6 is 0 Å². The molecule has 0 radical (unpaired) electrons.